The normalized spacial score (nSPS) is 19.1. The van der Waals surface area contributed by atoms with Crippen molar-refractivity contribution in [3.63, 3.8) is 0 Å². The van der Waals surface area contributed by atoms with Crippen molar-refractivity contribution in [2.24, 2.45) is 0 Å². The number of aryl methyl sites for hydroxylation is 1. The minimum atomic E-state index is -0.532. The van der Waals surface area contributed by atoms with Crippen LogP contribution in [0.3, 0.4) is 0 Å². The second-order valence-corrected chi connectivity index (χ2v) is 5.63. The summed E-state index contributed by atoms with van der Waals surface area (Å²) in [5.74, 6) is -0.785. The van der Waals surface area contributed by atoms with E-state index >= 15 is 0 Å². The van der Waals surface area contributed by atoms with E-state index in [0.717, 1.165) is 25.3 Å². The van der Waals surface area contributed by atoms with Gasteiger partial charge in [0.15, 0.2) is 0 Å². The lowest BCUT2D eigenvalue weighted by Crippen LogP contribution is -2.27. The smallest absolute Gasteiger partial charge is 0.130 e. The number of benzene rings is 2. The van der Waals surface area contributed by atoms with Crippen molar-refractivity contribution in [2.45, 2.75) is 31.2 Å². The highest BCUT2D eigenvalue weighted by Gasteiger charge is 2.29. The van der Waals surface area contributed by atoms with Gasteiger partial charge < -0.3 is 5.32 Å². The predicted molar refractivity (Wildman–Crippen MR) is 80.3 cm³/mol. The highest BCUT2D eigenvalue weighted by molar-refractivity contribution is 5.36. The maximum absolute atomic E-state index is 14.1. The van der Waals surface area contributed by atoms with Crippen LogP contribution in [0.1, 0.15) is 41.5 Å². The largest absolute Gasteiger partial charge is 0.312 e. The molecule has 0 fully saturated rings. The molecule has 2 atom stereocenters. The molecule has 3 rings (SSSR count). The molecule has 0 radical (unpaired) electrons. The van der Waals surface area contributed by atoms with Crippen molar-refractivity contribution < 1.29 is 8.78 Å². The van der Waals surface area contributed by atoms with Crippen LogP contribution in [0.5, 0.6) is 0 Å². The molecular weight excluding hydrogens is 268 g/mol. The highest BCUT2D eigenvalue weighted by atomic mass is 19.1. The van der Waals surface area contributed by atoms with Crippen molar-refractivity contribution in [3.05, 3.63) is 70.8 Å². The summed E-state index contributed by atoms with van der Waals surface area (Å²) in [7, 11) is 1.84. The van der Waals surface area contributed by atoms with Crippen molar-refractivity contribution in [1.29, 1.82) is 0 Å². The molecule has 0 spiro atoms. The summed E-state index contributed by atoms with van der Waals surface area (Å²) in [5, 5.41) is 3.23. The number of halogens is 2. The zero-order valence-electron chi connectivity index (χ0n) is 12.1. The van der Waals surface area contributed by atoms with Gasteiger partial charge in [-0.25, -0.2) is 8.78 Å². The van der Waals surface area contributed by atoms with Gasteiger partial charge >= 0.3 is 0 Å². The molecule has 0 saturated heterocycles. The molecule has 0 heterocycles. The molecular formula is C18H19F2N. The lowest BCUT2D eigenvalue weighted by molar-refractivity contribution is 0.410. The Morgan fingerprint density at radius 2 is 1.95 bits per heavy atom. The van der Waals surface area contributed by atoms with E-state index in [2.05, 4.69) is 17.4 Å². The van der Waals surface area contributed by atoms with E-state index in [1.165, 1.54) is 17.2 Å². The highest BCUT2D eigenvalue weighted by Crippen LogP contribution is 2.40. The van der Waals surface area contributed by atoms with Crippen LogP contribution >= 0.6 is 0 Å². The van der Waals surface area contributed by atoms with E-state index < -0.39 is 11.6 Å². The van der Waals surface area contributed by atoms with Crippen molar-refractivity contribution in [1.82, 2.24) is 5.32 Å². The molecule has 3 heteroatoms. The van der Waals surface area contributed by atoms with Crippen LogP contribution in [-0.2, 0) is 6.42 Å². The van der Waals surface area contributed by atoms with E-state index in [1.807, 2.05) is 19.2 Å². The van der Waals surface area contributed by atoms with Crippen LogP contribution in [-0.4, -0.2) is 7.05 Å². The lowest BCUT2D eigenvalue weighted by atomic mass is 9.76. The van der Waals surface area contributed by atoms with Crippen LogP contribution in [0, 0.1) is 11.6 Å². The fraction of sp³-hybridized carbons (Fsp3) is 0.333. The molecule has 0 bridgehead atoms. The number of rotatable bonds is 3. The molecule has 21 heavy (non-hydrogen) atoms. The maximum atomic E-state index is 14.1. The lowest BCUT2D eigenvalue weighted by Gasteiger charge is -2.32. The third-order valence-electron chi connectivity index (χ3n) is 4.43. The first-order chi connectivity index (χ1) is 10.2. The Labute approximate surface area is 124 Å². The van der Waals surface area contributed by atoms with Gasteiger partial charge in [-0.3, -0.25) is 0 Å². The summed E-state index contributed by atoms with van der Waals surface area (Å²) in [4.78, 5) is 0. The number of nitrogens with one attached hydrogen (secondary N) is 1. The Morgan fingerprint density at radius 3 is 2.71 bits per heavy atom. The standard InChI is InChI=1S/C18H19F2N/c1-21-18(16-10-9-13(19)11-17(16)20)15-8-4-6-12-5-2-3-7-14(12)15/h2-3,5,7,9-11,15,18,21H,4,6,8H2,1H3. The van der Waals surface area contributed by atoms with Gasteiger partial charge in [0.2, 0.25) is 0 Å². The first kappa shape index (κ1) is 14.2. The van der Waals surface area contributed by atoms with Crippen molar-refractivity contribution >= 4 is 0 Å². The fourth-order valence-electron chi connectivity index (χ4n) is 3.46. The van der Waals surface area contributed by atoms with E-state index in [9.17, 15) is 8.78 Å². The van der Waals surface area contributed by atoms with Crippen LogP contribution < -0.4 is 5.32 Å². The van der Waals surface area contributed by atoms with Crippen LogP contribution in [0.25, 0.3) is 0 Å². The Kier molecular flexibility index (Phi) is 4.02. The number of hydrogen-bond donors (Lipinski definition) is 1. The Morgan fingerprint density at radius 1 is 1.14 bits per heavy atom. The molecule has 0 saturated carbocycles. The topological polar surface area (TPSA) is 12.0 Å². The van der Waals surface area contributed by atoms with Gasteiger partial charge in [-0.2, -0.15) is 0 Å². The average Bonchev–Trinajstić information content (AvgIpc) is 2.50. The Balaban J connectivity index is 2.01. The number of likely N-dealkylation sites (N-methyl/N-ethyl adjacent to an activating group) is 1. The summed E-state index contributed by atoms with van der Waals surface area (Å²) in [6.07, 6.45) is 3.19. The quantitative estimate of drug-likeness (QED) is 0.885. The minimum Gasteiger partial charge on any atom is -0.312 e. The predicted octanol–water partition coefficient (Wildman–Crippen LogP) is 4.35. The number of hydrogen-bond acceptors (Lipinski definition) is 1. The van der Waals surface area contributed by atoms with Gasteiger partial charge in [0, 0.05) is 23.6 Å². The minimum absolute atomic E-state index is 0.132. The van der Waals surface area contributed by atoms with Gasteiger partial charge in [-0.05, 0) is 43.5 Å². The van der Waals surface area contributed by atoms with Crippen molar-refractivity contribution in [3.8, 4) is 0 Å². The van der Waals surface area contributed by atoms with Gasteiger partial charge in [0.05, 0.1) is 0 Å². The molecule has 1 aliphatic carbocycles. The molecule has 1 aliphatic rings. The fourth-order valence-corrected chi connectivity index (χ4v) is 3.46. The average molecular weight is 287 g/mol. The summed E-state index contributed by atoms with van der Waals surface area (Å²) in [6, 6.07) is 12.1. The van der Waals surface area contributed by atoms with Crippen molar-refractivity contribution in [2.75, 3.05) is 7.05 Å². The molecule has 2 aromatic rings. The van der Waals surface area contributed by atoms with Crippen LogP contribution in [0.2, 0.25) is 0 Å². The van der Waals surface area contributed by atoms with Gasteiger partial charge in [-0.1, -0.05) is 30.3 Å². The number of fused-ring (bicyclic) bond motifs is 1. The molecule has 0 aliphatic heterocycles. The SMILES string of the molecule is CNC(c1ccc(F)cc1F)C1CCCc2ccccc21. The zero-order chi connectivity index (χ0) is 14.8. The first-order valence-electron chi connectivity index (χ1n) is 7.40. The molecule has 1 N–H and O–H groups in total. The molecule has 0 aromatic heterocycles. The summed E-state index contributed by atoms with van der Waals surface area (Å²) in [6.45, 7) is 0. The van der Waals surface area contributed by atoms with E-state index in [-0.39, 0.29) is 12.0 Å². The second-order valence-electron chi connectivity index (χ2n) is 5.63. The summed E-state index contributed by atoms with van der Waals surface area (Å²) >= 11 is 0. The van der Waals surface area contributed by atoms with Gasteiger partial charge in [0.1, 0.15) is 11.6 Å². The summed E-state index contributed by atoms with van der Waals surface area (Å²) < 4.78 is 27.3. The monoisotopic (exact) mass is 287 g/mol. The van der Waals surface area contributed by atoms with Gasteiger partial charge in [0.25, 0.3) is 0 Å². The van der Waals surface area contributed by atoms with E-state index in [0.29, 0.717) is 5.56 Å². The molecule has 2 aromatic carbocycles. The molecule has 1 nitrogen and oxygen atoms in total. The summed E-state index contributed by atoms with van der Waals surface area (Å²) in [5.41, 5.74) is 3.17. The van der Waals surface area contributed by atoms with E-state index in [4.69, 9.17) is 0 Å². The Bertz CT molecular complexity index is 639. The third-order valence-corrected chi connectivity index (χ3v) is 4.43. The molecule has 2 unspecified atom stereocenters. The van der Waals surface area contributed by atoms with Gasteiger partial charge in [-0.15, -0.1) is 0 Å². The van der Waals surface area contributed by atoms with Crippen LogP contribution in [0.15, 0.2) is 42.5 Å². The molecule has 0 amide bonds. The maximum Gasteiger partial charge on any atom is 0.130 e. The Hall–Kier alpha value is -1.74. The first-order valence-corrected chi connectivity index (χ1v) is 7.40. The molecule has 110 valence electrons. The van der Waals surface area contributed by atoms with Crippen LogP contribution in [0.4, 0.5) is 8.78 Å². The second kappa shape index (κ2) is 5.94. The zero-order valence-corrected chi connectivity index (χ0v) is 12.1. The third kappa shape index (κ3) is 2.70. The van der Waals surface area contributed by atoms with E-state index in [1.54, 1.807) is 6.07 Å².